The Hall–Kier alpha value is -1.50. The number of nitrogens with two attached hydrogens (primary N) is 1. The van der Waals surface area contributed by atoms with Crippen LogP contribution in [0.1, 0.15) is 5.56 Å². The van der Waals surface area contributed by atoms with Crippen molar-refractivity contribution in [1.82, 2.24) is 0 Å². The SMILES string of the molecule is Cc1ccc(N)cc1S(=O)(=O)Nc1cc(Cl)c(F)c(Cl)c1. The highest BCUT2D eigenvalue weighted by molar-refractivity contribution is 7.92. The van der Waals surface area contributed by atoms with Gasteiger partial charge in [0.2, 0.25) is 0 Å². The number of halogens is 3. The van der Waals surface area contributed by atoms with Crippen molar-refractivity contribution in [3.05, 3.63) is 51.8 Å². The van der Waals surface area contributed by atoms with Crippen LogP contribution in [-0.4, -0.2) is 8.42 Å². The number of hydrogen-bond donors (Lipinski definition) is 2. The van der Waals surface area contributed by atoms with E-state index in [4.69, 9.17) is 28.9 Å². The second-order valence-corrected chi connectivity index (χ2v) is 6.85. The van der Waals surface area contributed by atoms with E-state index in [9.17, 15) is 12.8 Å². The molecule has 0 heterocycles. The van der Waals surface area contributed by atoms with Gasteiger partial charge >= 0.3 is 0 Å². The maximum atomic E-state index is 13.3. The van der Waals surface area contributed by atoms with E-state index in [0.717, 1.165) is 12.1 Å². The highest BCUT2D eigenvalue weighted by Crippen LogP contribution is 2.29. The van der Waals surface area contributed by atoms with E-state index < -0.39 is 15.8 Å². The van der Waals surface area contributed by atoms with Gasteiger partial charge in [-0.1, -0.05) is 29.3 Å². The van der Waals surface area contributed by atoms with Gasteiger partial charge in [-0.3, -0.25) is 4.72 Å². The number of hydrogen-bond acceptors (Lipinski definition) is 3. The van der Waals surface area contributed by atoms with Crippen LogP contribution in [0.5, 0.6) is 0 Å². The van der Waals surface area contributed by atoms with Crippen molar-refractivity contribution in [2.24, 2.45) is 0 Å². The molecule has 0 radical (unpaired) electrons. The molecule has 0 aliphatic rings. The average Bonchev–Trinajstić information content (AvgIpc) is 2.38. The predicted octanol–water partition coefficient (Wildman–Crippen LogP) is 3.82. The highest BCUT2D eigenvalue weighted by Gasteiger charge is 2.18. The fourth-order valence-corrected chi connectivity index (χ4v) is 3.54. The summed E-state index contributed by atoms with van der Waals surface area (Å²) in [6.45, 7) is 1.64. The summed E-state index contributed by atoms with van der Waals surface area (Å²) in [5.41, 5.74) is 6.50. The van der Waals surface area contributed by atoms with Crippen LogP contribution in [0.15, 0.2) is 35.2 Å². The summed E-state index contributed by atoms with van der Waals surface area (Å²) >= 11 is 11.3. The van der Waals surface area contributed by atoms with Crippen molar-refractivity contribution in [1.29, 1.82) is 0 Å². The minimum atomic E-state index is -3.88. The quantitative estimate of drug-likeness (QED) is 0.654. The number of nitrogen functional groups attached to an aromatic ring is 1. The van der Waals surface area contributed by atoms with Crippen molar-refractivity contribution >= 4 is 44.6 Å². The van der Waals surface area contributed by atoms with Gasteiger partial charge in [-0.15, -0.1) is 0 Å². The van der Waals surface area contributed by atoms with Crippen molar-refractivity contribution < 1.29 is 12.8 Å². The van der Waals surface area contributed by atoms with Gasteiger partial charge in [-0.05, 0) is 36.8 Å². The maximum absolute atomic E-state index is 13.3. The Labute approximate surface area is 131 Å². The molecule has 0 fully saturated rings. The van der Waals surface area contributed by atoms with Crippen LogP contribution in [0.25, 0.3) is 0 Å². The van der Waals surface area contributed by atoms with Gasteiger partial charge in [0.1, 0.15) is 0 Å². The van der Waals surface area contributed by atoms with Crippen LogP contribution in [-0.2, 0) is 10.0 Å². The van der Waals surface area contributed by atoms with Gasteiger partial charge in [0, 0.05) is 5.69 Å². The third-order valence-electron chi connectivity index (χ3n) is 2.74. The molecule has 21 heavy (non-hydrogen) atoms. The summed E-state index contributed by atoms with van der Waals surface area (Å²) in [7, 11) is -3.88. The number of nitrogens with one attached hydrogen (secondary N) is 1. The van der Waals surface area contributed by atoms with Crippen molar-refractivity contribution in [3.63, 3.8) is 0 Å². The van der Waals surface area contributed by atoms with Crippen LogP contribution < -0.4 is 10.5 Å². The Balaban J connectivity index is 2.45. The van der Waals surface area contributed by atoms with Gasteiger partial charge in [-0.25, -0.2) is 12.8 Å². The molecule has 0 aromatic heterocycles. The van der Waals surface area contributed by atoms with Crippen molar-refractivity contribution in [2.45, 2.75) is 11.8 Å². The van der Waals surface area contributed by atoms with E-state index in [2.05, 4.69) is 4.72 Å². The smallest absolute Gasteiger partial charge is 0.262 e. The molecule has 3 N–H and O–H groups in total. The molecular weight excluding hydrogens is 338 g/mol. The highest BCUT2D eigenvalue weighted by atomic mass is 35.5. The summed E-state index contributed by atoms with van der Waals surface area (Å²) in [6.07, 6.45) is 0. The zero-order valence-corrected chi connectivity index (χ0v) is 13.2. The monoisotopic (exact) mass is 348 g/mol. The van der Waals surface area contributed by atoms with Crippen LogP contribution in [0.2, 0.25) is 10.0 Å². The predicted molar refractivity (Wildman–Crippen MR) is 82.8 cm³/mol. The van der Waals surface area contributed by atoms with Crippen molar-refractivity contribution in [3.8, 4) is 0 Å². The third-order valence-corrected chi connectivity index (χ3v) is 4.81. The number of benzene rings is 2. The average molecular weight is 349 g/mol. The second kappa shape index (κ2) is 5.71. The molecule has 0 saturated carbocycles. The number of aryl methyl sites for hydroxylation is 1. The van der Waals surface area contributed by atoms with Gasteiger partial charge in [0.25, 0.3) is 10.0 Å². The fraction of sp³-hybridized carbons (Fsp3) is 0.0769. The molecule has 2 aromatic rings. The lowest BCUT2D eigenvalue weighted by molar-refractivity contribution is 0.600. The minimum Gasteiger partial charge on any atom is -0.399 e. The first kappa shape index (κ1) is 15.9. The molecule has 0 atom stereocenters. The third kappa shape index (κ3) is 3.40. The molecular formula is C13H11Cl2FN2O2S. The van der Waals surface area contributed by atoms with E-state index in [-0.39, 0.29) is 20.6 Å². The molecule has 0 unspecified atom stereocenters. The summed E-state index contributed by atoms with van der Waals surface area (Å²) in [4.78, 5) is 0.0269. The summed E-state index contributed by atoms with van der Waals surface area (Å²) in [5, 5.41) is -0.547. The molecule has 2 aromatic carbocycles. The van der Waals surface area contributed by atoms with Gasteiger partial charge in [0.05, 0.1) is 20.6 Å². The second-order valence-electron chi connectivity index (χ2n) is 4.38. The van der Waals surface area contributed by atoms with Crippen LogP contribution >= 0.6 is 23.2 Å². The van der Waals surface area contributed by atoms with Crippen LogP contribution in [0.3, 0.4) is 0 Å². The molecule has 0 amide bonds. The Kier molecular flexibility index (Phi) is 4.32. The molecule has 0 spiro atoms. The summed E-state index contributed by atoms with van der Waals surface area (Å²) in [6, 6.07) is 6.81. The van der Waals surface area contributed by atoms with Gasteiger partial charge < -0.3 is 5.73 Å². The normalized spacial score (nSPS) is 11.4. The Morgan fingerprint density at radius 2 is 1.71 bits per heavy atom. The summed E-state index contributed by atoms with van der Waals surface area (Å²) in [5.74, 6) is -0.804. The Morgan fingerprint density at radius 1 is 1.14 bits per heavy atom. The summed E-state index contributed by atoms with van der Waals surface area (Å²) < 4.78 is 40.3. The molecule has 4 nitrogen and oxygen atoms in total. The van der Waals surface area contributed by atoms with E-state index in [1.54, 1.807) is 19.1 Å². The van der Waals surface area contributed by atoms with E-state index in [0.29, 0.717) is 11.3 Å². The van der Waals surface area contributed by atoms with Gasteiger partial charge in [-0.2, -0.15) is 0 Å². The molecule has 2 rings (SSSR count). The first-order valence-corrected chi connectivity index (χ1v) is 7.98. The molecule has 0 saturated heterocycles. The lowest BCUT2D eigenvalue weighted by Gasteiger charge is -2.12. The lowest BCUT2D eigenvalue weighted by Crippen LogP contribution is -2.14. The first-order valence-electron chi connectivity index (χ1n) is 5.74. The van der Waals surface area contributed by atoms with Crippen LogP contribution in [0, 0.1) is 12.7 Å². The number of anilines is 2. The number of sulfonamides is 1. The Morgan fingerprint density at radius 3 is 2.29 bits per heavy atom. The largest absolute Gasteiger partial charge is 0.399 e. The van der Waals surface area contributed by atoms with Crippen LogP contribution in [0.4, 0.5) is 15.8 Å². The lowest BCUT2D eigenvalue weighted by atomic mass is 10.2. The zero-order valence-electron chi connectivity index (χ0n) is 10.8. The van der Waals surface area contributed by atoms with E-state index in [1.807, 2.05) is 0 Å². The molecule has 112 valence electrons. The van der Waals surface area contributed by atoms with Crippen molar-refractivity contribution in [2.75, 3.05) is 10.5 Å². The molecule has 0 aliphatic heterocycles. The van der Waals surface area contributed by atoms with E-state index >= 15 is 0 Å². The molecule has 0 aliphatic carbocycles. The maximum Gasteiger partial charge on any atom is 0.262 e. The Bertz CT molecular complexity index is 787. The zero-order chi connectivity index (χ0) is 15.8. The number of rotatable bonds is 3. The molecule has 0 bridgehead atoms. The van der Waals surface area contributed by atoms with E-state index in [1.165, 1.54) is 6.07 Å². The standard InChI is InChI=1S/C13H11Cl2FN2O2S/c1-7-2-3-8(17)4-12(7)21(19,20)18-9-5-10(14)13(16)11(15)6-9/h2-6,18H,17H2,1H3. The topological polar surface area (TPSA) is 72.2 Å². The molecule has 8 heteroatoms. The first-order chi connectivity index (χ1) is 9.70. The fourth-order valence-electron chi connectivity index (χ4n) is 1.73. The van der Waals surface area contributed by atoms with Gasteiger partial charge in [0.15, 0.2) is 5.82 Å². The minimum absolute atomic E-state index is 0.0269.